The van der Waals surface area contributed by atoms with Gasteiger partial charge in [-0.2, -0.15) is 0 Å². The lowest BCUT2D eigenvalue weighted by atomic mass is 9.85. The van der Waals surface area contributed by atoms with Crippen molar-refractivity contribution in [3.8, 4) is 0 Å². The summed E-state index contributed by atoms with van der Waals surface area (Å²) in [6.45, 7) is 9.58. The van der Waals surface area contributed by atoms with E-state index in [1.54, 1.807) is 7.11 Å². The van der Waals surface area contributed by atoms with E-state index in [2.05, 4.69) is 57.3 Å². The van der Waals surface area contributed by atoms with Crippen LogP contribution in [0, 0.1) is 6.92 Å². The molecule has 1 rings (SSSR count). The van der Waals surface area contributed by atoms with Crippen LogP contribution in [0.15, 0.2) is 24.3 Å². The van der Waals surface area contributed by atoms with Crippen molar-refractivity contribution < 1.29 is 4.74 Å². The molecular formula is C15H25NO. The minimum absolute atomic E-state index is 0.165. The second kappa shape index (κ2) is 6.18. The zero-order valence-electron chi connectivity index (χ0n) is 11.7. The standard InChI is InChI=1S/C15H25NO/c1-6-15(4,17-5)14(16-7-2)13-11-9-8-10-12(13)3/h8-11,14,16H,6-7H2,1-5H3. The number of ether oxygens (including phenoxy) is 1. The molecule has 0 aromatic heterocycles. The van der Waals surface area contributed by atoms with Gasteiger partial charge in [-0.1, -0.05) is 38.1 Å². The van der Waals surface area contributed by atoms with Crippen LogP contribution in [0.25, 0.3) is 0 Å². The van der Waals surface area contributed by atoms with Crippen LogP contribution in [0.4, 0.5) is 0 Å². The quantitative estimate of drug-likeness (QED) is 0.815. The highest BCUT2D eigenvalue weighted by atomic mass is 16.5. The van der Waals surface area contributed by atoms with Crippen LogP contribution in [-0.4, -0.2) is 19.3 Å². The number of rotatable bonds is 6. The van der Waals surface area contributed by atoms with E-state index in [0.29, 0.717) is 0 Å². The molecule has 2 unspecified atom stereocenters. The molecule has 17 heavy (non-hydrogen) atoms. The van der Waals surface area contributed by atoms with Gasteiger partial charge < -0.3 is 10.1 Å². The molecule has 0 heterocycles. The van der Waals surface area contributed by atoms with Gasteiger partial charge in [0.25, 0.3) is 0 Å². The van der Waals surface area contributed by atoms with E-state index in [4.69, 9.17) is 4.74 Å². The topological polar surface area (TPSA) is 21.3 Å². The van der Waals surface area contributed by atoms with Crippen molar-refractivity contribution in [2.75, 3.05) is 13.7 Å². The number of aryl methyl sites for hydroxylation is 1. The number of likely N-dealkylation sites (N-methyl/N-ethyl adjacent to an activating group) is 1. The van der Waals surface area contributed by atoms with E-state index >= 15 is 0 Å². The Morgan fingerprint density at radius 2 is 1.94 bits per heavy atom. The SMILES string of the molecule is CCNC(c1ccccc1C)C(C)(CC)OC. The molecule has 1 aromatic carbocycles. The lowest BCUT2D eigenvalue weighted by molar-refractivity contribution is -0.0297. The molecular weight excluding hydrogens is 210 g/mol. The first kappa shape index (κ1) is 14.2. The Morgan fingerprint density at radius 1 is 1.29 bits per heavy atom. The highest BCUT2D eigenvalue weighted by molar-refractivity contribution is 5.30. The number of methoxy groups -OCH3 is 1. The van der Waals surface area contributed by atoms with E-state index in [1.807, 2.05) is 0 Å². The summed E-state index contributed by atoms with van der Waals surface area (Å²) in [5, 5.41) is 3.56. The van der Waals surface area contributed by atoms with Crippen LogP contribution < -0.4 is 5.32 Å². The number of hydrogen-bond acceptors (Lipinski definition) is 2. The van der Waals surface area contributed by atoms with Crippen LogP contribution in [0.2, 0.25) is 0 Å². The van der Waals surface area contributed by atoms with Crippen LogP contribution in [0.1, 0.15) is 44.4 Å². The number of benzene rings is 1. The average molecular weight is 235 g/mol. The molecule has 0 spiro atoms. The largest absolute Gasteiger partial charge is 0.377 e. The molecule has 96 valence electrons. The molecule has 0 aliphatic rings. The molecule has 0 amide bonds. The van der Waals surface area contributed by atoms with Gasteiger partial charge in [-0.3, -0.25) is 0 Å². The van der Waals surface area contributed by atoms with E-state index in [0.717, 1.165) is 13.0 Å². The van der Waals surface area contributed by atoms with Gasteiger partial charge in [-0.25, -0.2) is 0 Å². The zero-order valence-corrected chi connectivity index (χ0v) is 11.7. The molecule has 1 N–H and O–H groups in total. The van der Waals surface area contributed by atoms with E-state index in [9.17, 15) is 0 Å². The van der Waals surface area contributed by atoms with E-state index in [-0.39, 0.29) is 11.6 Å². The molecule has 0 saturated heterocycles. The van der Waals surface area contributed by atoms with Gasteiger partial charge in [0, 0.05) is 7.11 Å². The van der Waals surface area contributed by atoms with Gasteiger partial charge in [0.05, 0.1) is 11.6 Å². The highest BCUT2D eigenvalue weighted by Gasteiger charge is 2.33. The van der Waals surface area contributed by atoms with Gasteiger partial charge in [0.2, 0.25) is 0 Å². The van der Waals surface area contributed by atoms with E-state index < -0.39 is 0 Å². The van der Waals surface area contributed by atoms with Gasteiger partial charge in [0.15, 0.2) is 0 Å². The summed E-state index contributed by atoms with van der Waals surface area (Å²) < 4.78 is 5.75. The lowest BCUT2D eigenvalue weighted by Crippen LogP contribution is -2.43. The summed E-state index contributed by atoms with van der Waals surface area (Å²) in [6, 6.07) is 8.76. The summed E-state index contributed by atoms with van der Waals surface area (Å²) in [7, 11) is 1.80. The molecule has 2 atom stereocenters. The minimum Gasteiger partial charge on any atom is -0.377 e. The van der Waals surface area contributed by atoms with Crippen LogP contribution in [0.3, 0.4) is 0 Å². The fourth-order valence-electron chi connectivity index (χ4n) is 2.24. The van der Waals surface area contributed by atoms with Crippen molar-refractivity contribution in [3.05, 3.63) is 35.4 Å². The number of nitrogens with one attached hydrogen (secondary N) is 1. The molecule has 0 radical (unpaired) electrons. The normalized spacial score (nSPS) is 16.5. The summed E-state index contributed by atoms with van der Waals surface area (Å²) >= 11 is 0. The molecule has 2 nitrogen and oxygen atoms in total. The second-order valence-corrected chi connectivity index (χ2v) is 4.72. The molecule has 0 aliphatic carbocycles. The van der Waals surface area contributed by atoms with Crippen LogP contribution in [-0.2, 0) is 4.74 Å². The third-order valence-corrected chi connectivity index (χ3v) is 3.69. The van der Waals surface area contributed by atoms with Crippen molar-refractivity contribution in [3.63, 3.8) is 0 Å². The zero-order chi connectivity index (χ0) is 12.9. The van der Waals surface area contributed by atoms with Crippen molar-refractivity contribution in [1.82, 2.24) is 5.32 Å². The maximum atomic E-state index is 5.75. The van der Waals surface area contributed by atoms with Gasteiger partial charge in [0.1, 0.15) is 0 Å². The first-order valence-corrected chi connectivity index (χ1v) is 6.43. The third kappa shape index (κ3) is 3.08. The highest BCUT2D eigenvalue weighted by Crippen LogP contribution is 2.33. The molecule has 1 aromatic rings. The van der Waals surface area contributed by atoms with Crippen molar-refractivity contribution >= 4 is 0 Å². The first-order valence-electron chi connectivity index (χ1n) is 6.43. The Hall–Kier alpha value is -0.860. The Balaban J connectivity index is 3.13. The maximum absolute atomic E-state index is 5.75. The van der Waals surface area contributed by atoms with Crippen LogP contribution >= 0.6 is 0 Å². The van der Waals surface area contributed by atoms with Crippen molar-refractivity contribution in [2.45, 2.75) is 45.8 Å². The predicted octanol–water partition coefficient (Wildman–Crippen LogP) is 3.46. The predicted molar refractivity (Wildman–Crippen MR) is 73.3 cm³/mol. The Bertz CT molecular complexity index is 345. The van der Waals surface area contributed by atoms with E-state index in [1.165, 1.54) is 11.1 Å². The van der Waals surface area contributed by atoms with Gasteiger partial charge in [-0.15, -0.1) is 0 Å². The Labute approximate surface area is 105 Å². The molecule has 0 fully saturated rings. The number of hydrogen-bond donors (Lipinski definition) is 1. The molecule has 0 aliphatic heterocycles. The summed E-state index contributed by atoms with van der Waals surface area (Å²) in [4.78, 5) is 0. The van der Waals surface area contributed by atoms with Crippen molar-refractivity contribution in [2.24, 2.45) is 0 Å². The third-order valence-electron chi connectivity index (χ3n) is 3.69. The fourth-order valence-corrected chi connectivity index (χ4v) is 2.24. The Kier molecular flexibility index (Phi) is 5.16. The second-order valence-electron chi connectivity index (χ2n) is 4.72. The molecule has 2 heteroatoms. The van der Waals surface area contributed by atoms with Crippen molar-refractivity contribution in [1.29, 1.82) is 0 Å². The molecule has 0 bridgehead atoms. The Morgan fingerprint density at radius 3 is 2.41 bits per heavy atom. The average Bonchev–Trinajstić information content (AvgIpc) is 2.36. The fraction of sp³-hybridized carbons (Fsp3) is 0.600. The monoisotopic (exact) mass is 235 g/mol. The smallest absolute Gasteiger partial charge is 0.0842 e. The van der Waals surface area contributed by atoms with Gasteiger partial charge >= 0.3 is 0 Å². The summed E-state index contributed by atoms with van der Waals surface area (Å²) in [5.74, 6) is 0. The minimum atomic E-state index is -0.165. The lowest BCUT2D eigenvalue weighted by Gasteiger charge is -2.37. The summed E-state index contributed by atoms with van der Waals surface area (Å²) in [6.07, 6.45) is 0.982. The maximum Gasteiger partial charge on any atom is 0.0842 e. The molecule has 0 saturated carbocycles. The first-order chi connectivity index (χ1) is 8.09. The summed E-state index contributed by atoms with van der Waals surface area (Å²) in [5.41, 5.74) is 2.48. The van der Waals surface area contributed by atoms with Crippen LogP contribution in [0.5, 0.6) is 0 Å². The van der Waals surface area contributed by atoms with Gasteiger partial charge in [-0.05, 0) is 37.9 Å².